The Labute approximate surface area is 188 Å². The molecular formula is C22H21BrClN3OS. The molecule has 0 radical (unpaired) electrons. The highest BCUT2D eigenvalue weighted by Gasteiger charge is 2.28. The summed E-state index contributed by atoms with van der Waals surface area (Å²) in [6, 6.07) is 11.9. The first-order chi connectivity index (χ1) is 13.9. The summed E-state index contributed by atoms with van der Waals surface area (Å²) in [6.07, 6.45) is 1.82. The molecule has 0 spiro atoms. The molecule has 29 heavy (non-hydrogen) atoms. The van der Waals surface area contributed by atoms with Crippen LogP contribution in [0.15, 0.2) is 40.9 Å². The molecule has 0 bridgehead atoms. The lowest BCUT2D eigenvalue weighted by atomic mass is 9.97. The maximum Gasteiger partial charge on any atom is 0.256 e. The first kappa shape index (κ1) is 20.5. The standard InChI is InChI=1S/C22H21BrClN3OS/c1-13-3-8-18(20(24)25-13)22(28)27-11-9-16(10-12-27)21-26-19(14(2)29-21)15-4-6-17(23)7-5-15/h3-8,16H,9-12H2,1-2H3. The Morgan fingerprint density at radius 3 is 2.45 bits per heavy atom. The summed E-state index contributed by atoms with van der Waals surface area (Å²) < 4.78 is 1.07. The van der Waals surface area contributed by atoms with Gasteiger partial charge in [-0.3, -0.25) is 4.79 Å². The Hall–Kier alpha value is -1.76. The summed E-state index contributed by atoms with van der Waals surface area (Å²) in [4.78, 5) is 25.1. The van der Waals surface area contributed by atoms with E-state index < -0.39 is 0 Å². The number of nitrogens with zero attached hydrogens (tertiary/aromatic N) is 3. The van der Waals surface area contributed by atoms with E-state index in [0.29, 0.717) is 24.6 Å². The van der Waals surface area contributed by atoms with Gasteiger partial charge in [-0.25, -0.2) is 9.97 Å². The van der Waals surface area contributed by atoms with Crippen molar-refractivity contribution in [1.82, 2.24) is 14.9 Å². The van der Waals surface area contributed by atoms with Crippen LogP contribution >= 0.6 is 38.9 Å². The zero-order chi connectivity index (χ0) is 20.5. The van der Waals surface area contributed by atoms with Gasteiger partial charge in [0, 0.05) is 39.6 Å². The van der Waals surface area contributed by atoms with Gasteiger partial charge in [-0.2, -0.15) is 0 Å². The van der Waals surface area contributed by atoms with Crippen LogP contribution in [0.2, 0.25) is 5.15 Å². The van der Waals surface area contributed by atoms with Crippen LogP contribution in [0.4, 0.5) is 0 Å². The number of pyridine rings is 1. The minimum atomic E-state index is -0.0354. The van der Waals surface area contributed by atoms with Crippen LogP contribution in [0.25, 0.3) is 11.3 Å². The highest BCUT2D eigenvalue weighted by Crippen LogP contribution is 2.36. The quantitative estimate of drug-likeness (QED) is 0.407. The zero-order valence-electron chi connectivity index (χ0n) is 16.3. The van der Waals surface area contributed by atoms with Gasteiger partial charge in [-0.05, 0) is 51.0 Å². The molecule has 0 aliphatic carbocycles. The fourth-order valence-corrected chi connectivity index (χ4v) is 5.31. The summed E-state index contributed by atoms with van der Waals surface area (Å²) in [5, 5.41) is 1.45. The maximum atomic E-state index is 12.8. The van der Waals surface area contributed by atoms with E-state index in [2.05, 4.69) is 40.0 Å². The van der Waals surface area contributed by atoms with Crippen LogP contribution in [0.5, 0.6) is 0 Å². The summed E-state index contributed by atoms with van der Waals surface area (Å²) >= 11 is 11.4. The second kappa shape index (κ2) is 8.54. The number of rotatable bonds is 3. The molecule has 1 amide bonds. The fourth-order valence-electron chi connectivity index (χ4n) is 3.65. The van der Waals surface area contributed by atoms with Crippen LogP contribution in [0, 0.1) is 13.8 Å². The summed E-state index contributed by atoms with van der Waals surface area (Å²) in [5.41, 5.74) is 3.50. The minimum absolute atomic E-state index is 0.0354. The second-order valence-corrected chi connectivity index (χ2v) is 9.83. The molecule has 7 heteroatoms. The summed E-state index contributed by atoms with van der Waals surface area (Å²) in [7, 11) is 0. The number of carbonyl (C=O) groups is 1. The third-order valence-electron chi connectivity index (χ3n) is 5.28. The topological polar surface area (TPSA) is 46.1 Å². The van der Waals surface area contributed by atoms with E-state index >= 15 is 0 Å². The first-order valence-corrected chi connectivity index (χ1v) is 11.6. The molecule has 4 nitrogen and oxygen atoms in total. The van der Waals surface area contributed by atoms with Gasteiger partial charge < -0.3 is 4.90 Å². The Bertz CT molecular complexity index is 1040. The highest BCUT2D eigenvalue weighted by atomic mass is 79.9. The lowest BCUT2D eigenvalue weighted by molar-refractivity contribution is 0.0712. The zero-order valence-corrected chi connectivity index (χ0v) is 19.4. The Kier molecular flexibility index (Phi) is 6.04. The molecule has 1 saturated heterocycles. The minimum Gasteiger partial charge on any atom is -0.339 e. The number of aryl methyl sites for hydroxylation is 2. The molecule has 3 aromatic rings. The number of thiazole rings is 1. The molecule has 0 saturated carbocycles. The van der Waals surface area contributed by atoms with Gasteiger partial charge in [0.1, 0.15) is 5.15 Å². The van der Waals surface area contributed by atoms with E-state index in [4.69, 9.17) is 16.6 Å². The highest BCUT2D eigenvalue weighted by molar-refractivity contribution is 9.10. The predicted octanol–water partition coefficient (Wildman–Crippen LogP) is 6.26. The van der Waals surface area contributed by atoms with Crippen LogP contribution in [-0.4, -0.2) is 33.9 Å². The molecule has 3 heterocycles. The van der Waals surface area contributed by atoms with Crippen molar-refractivity contribution in [3.8, 4) is 11.3 Å². The number of hydrogen-bond donors (Lipinski definition) is 0. The van der Waals surface area contributed by atoms with Crippen LogP contribution in [0.3, 0.4) is 0 Å². The number of benzene rings is 1. The van der Waals surface area contributed by atoms with E-state index in [0.717, 1.165) is 34.3 Å². The van der Waals surface area contributed by atoms with Gasteiger partial charge in [0.05, 0.1) is 16.3 Å². The predicted molar refractivity (Wildman–Crippen MR) is 122 cm³/mol. The van der Waals surface area contributed by atoms with Crippen molar-refractivity contribution in [2.24, 2.45) is 0 Å². The van der Waals surface area contributed by atoms with Gasteiger partial charge in [0.25, 0.3) is 5.91 Å². The third kappa shape index (κ3) is 4.39. The van der Waals surface area contributed by atoms with Gasteiger partial charge in [-0.1, -0.05) is 39.7 Å². The van der Waals surface area contributed by atoms with Crippen molar-refractivity contribution < 1.29 is 4.79 Å². The number of piperidine rings is 1. The van der Waals surface area contributed by atoms with Crippen molar-refractivity contribution in [3.05, 3.63) is 67.2 Å². The smallest absolute Gasteiger partial charge is 0.256 e. The largest absolute Gasteiger partial charge is 0.339 e. The number of likely N-dealkylation sites (tertiary alicyclic amines) is 1. The molecule has 0 unspecified atom stereocenters. The normalized spacial score (nSPS) is 15.0. The molecular weight excluding hydrogens is 470 g/mol. The van der Waals surface area contributed by atoms with E-state index in [1.807, 2.05) is 30.0 Å². The van der Waals surface area contributed by atoms with Gasteiger partial charge >= 0.3 is 0 Å². The molecule has 4 rings (SSSR count). The van der Waals surface area contributed by atoms with Crippen molar-refractivity contribution in [1.29, 1.82) is 0 Å². The van der Waals surface area contributed by atoms with Crippen molar-refractivity contribution in [3.63, 3.8) is 0 Å². The maximum absolute atomic E-state index is 12.8. The number of hydrogen-bond acceptors (Lipinski definition) is 4. The molecule has 1 fully saturated rings. The van der Waals surface area contributed by atoms with Crippen molar-refractivity contribution in [2.75, 3.05) is 13.1 Å². The van der Waals surface area contributed by atoms with E-state index in [1.54, 1.807) is 17.4 Å². The molecule has 1 aliphatic rings. The van der Waals surface area contributed by atoms with E-state index in [1.165, 1.54) is 9.88 Å². The Balaban J connectivity index is 1.45. The average molecular weight is 491 g/mol. The second-order valence-electron chi connectivity index (χ2n) is 7.32. The van der Waals surface area contributed by atoms with Crippen LogP contribution in [0.1, 0.15) is 44.7 Å². The van der Waals surface area contributed by atoms with Gasteiger partial charge in [0.2, 0.25) is 0 Å². The molecule has 1 aromatic carbocycles. The number of amides is 1. The van der Waals surface area contributed by atoms with Gasteiger partial charge in [-0.15, -0.1) is 11.3 Å². The van der Waals surface area contributed by atoms with Gasteiger partial charge in [0.15, 0.2) is 0 Å². The molecule has 2 aromatic heterocycles. The lowest BCUT2D eigenvalue weighted by Crippen LogP contribution is -2.38. The Morgan fingerprint density at radius 1 is 1.10 bits per heavy atom. The van der Waals surface area contributed by atoms with Crippen LogP contribution < -0.4 is 0 Å². The molecule has 0 N–H and O–H groups in total. The van der Waals surface area contributed by atoms with E-state index in [-0.39, 0.29) is 11.1 Å². The summed E-state index contributed by atoms with van der Waals surface area (Å²) in [5.74, 6) is 0.352. The molecule has 150 valence electrons. The average Bonchev–Trinajstić information content (AvgIpc) is 3.10. The number of carbonyl (C=O) groups excluding carboxylic acids is 1. The fraction of sp³-hybridized carbons (Fsp3) is 0.318. The first-order valence-electron chi connectivity index (χ1n) is 9.58. The third-order valence-corrected chi connectivity index (χ3v) is 7.23. The molecule has 1 aliphatic heterocycles. The van der Waals surface area contributed by atoms with Crippen molar-refractivity contribution >= 4 is 44.8 Å². The Morgan fingerprint density at radius 2 is 1.79 bits per heavy atom. The van der Waals surface area contributed by atoms with Crippen molar-refractivity contribution in [2.45, 2.75) is 32.6 Å². The number of aromatic nitrogens is 2. The van der Waals surface area contributed by atoms with E-state index in [9.17, 15) is 4.79 Å². The lowest BCUT2D eigenvalue weighted by Gasteiger charge is -2.31. The number of halogens is 2. The summed E-state index contributed by atoms with van der Waals surface area (Å²) in [6.45, 7) is 5.41. The van der Waals surface area contributed by atoms with Crippen LogP contribution in [-0.2, 0) is 0 Å². The molecule has 0 atom stereocenters. The monoisotopic (exact) mass is 489 g/mol. The SMILES string of the molecule is Cc1ccc(C(=O)N2CCC(c3nc(-c4ccc(Br)cc4)c(C)s3)CC2)c(Cl)n1.